The molecule has 43 heavy (non-hydrogen) atoms. The Morgan fingerprint density at radius 1 is 1.12 bits per heavy atom. The van der Waals surface area contributed by atoms with Crippen LogP contribution in [0.1, 0.15) is 29.7 Å². The molecule has 4 heterocycles. The highest BCUT2D eigenvalue weighted by atomic mass is 19.2. The fourth-order valence-corrected chi connectivity index (χ4v) is 6.52. The molecule has 8 nitrogen and oxygen atoms in total. The maximum atomic E-state index is 15.1. The lowest BCUT2D eigenvalue weighted by molar-refractivity contribution is -0.128. The zero-order chi connectivity index (χ0) is 30.2. The maximum absolute atomic E-state index is 15.1. The minimum Gasteiger partial charge on any atom is -0.475 e. The van der Waals surface area contributed by atoms with E-state index in [0.29, 0.717) is 67.2 Å². The molecule has 11 heteroatoms. The first-order chi connectivity index (χ1) is 20.8. The Morgan fingerprint density at radius 2 is 1.91 bits per heavy atom. The van der Waals surface area contributed by atoms with Crippen molar-refractivity contribution in [3.05, 3.63) is 71.2 Å². The van der Waals surface area contributed by atoms with Gasteiger partial charge in [-0.3, -0.25) is 4.79 Å². The van der Waals surface area contributed by atoms with Gasteiger partial charge in [0.05, 0.1) is 17.9 Å². The lowest BCUT2D eigenvalue weighted by atomic mass is 9.97. The lowest BCUT2D eigenvalue weighted by Gasteiger charge is -2.39. The summed E-state index contributed by atoms with van der Waals surface area (Å²) in [4.78, 5) is 24.7. The van der Waals surface area contributed by atoms with Crippen LogP contribution in [0, 0.1) is 23.0 Å². The first kappa shape index (κ1) is 28.8. The second-order valence-electron chi connectivity index (χ2n) is 11.4. The van der Waals surface area contributed by atoms with Crippen LogP contribution in [-0.2, 0) is 17.8 Å². The molecule has 0 saturated carbocycles. The summed E-state index contributed by atoms with van der Waals surface area (Å²) in [7, 11) is 2.05. The highest BCUT2D eigenvalue weighted by molar-refractivity contribution is 5.95. The van der Waals surface area contributed by atoms with Crippen molar-refractivity contribution in [2.24, 2.45) is 0 Å². The number of amides is 1. The average Bonchev–Trinajstić information content (AvgIpc) is 3.44. The van der Waals surface area contributed by atoms with Gasteiger partial charge in [-0.2, -0.15) is 5.26 Å². The van der Waals surface area contributed by atoms with E-state index >= 15 is 4.39 Å². The van der Waals surface area contributed by atoms with Gasteiger partial charge in [-0.25, -0.2) is 18.2 Å². The second-order valence-corrected chi connectivity index (χ2v) is 11.4. The number of ether oxygens (including phenoxy) is 1. The largest absolute Gasteiger partial charge is 0.475 e. The fourth-order valence-electron chi connectivity index (χ4n) is 6.52. The van der Waals surface area contributed by atoms with E-state index in [1.165, 1.54) is 4.90 Å². The van der Waals surface area contributed by atoms with Crippen LogP contribution >= 0.6 is 0 Å². The standard InChI is InChI=1S/C32H33F3N6O2/c1-20(33)32(42)40-15-13-39(14-16-40)30-23-10-12-41(27-7-3-5-21-8-9-25(34)29(35)28(21)27)18-26(23)37-31(24(30)17-36)43-19-22-6-4-11-38(22)2/h3,5,7-9,22H,1,4,6,10-16,18-19H2,2H3/t22-/m0/s1. The van der Waals surface area contributed by atoms with Gasteiger partial charge in [0.1, 0.15) is 18.2 Å². The molecular weight excluding hydrogens is 557 g/mol. The summed E-state index contributed by atoms with van der Waals surface area (Å²) >= 11 is 0. The van der Waals surface area contributed by atoms with Gasteiger partial charge in [0.15, 0.2) is 17.5 Å². The van der Waals surface area contributed by atoms with Crippen molar-refractivity contribution in [1.29, 1.82) is 5.26 Å². The molecule has 0 N–H and O–H groups in total. The van der Waals surface area contributed by atoms with E-state index in [2.05, 4.69) is 24.6 Å². The molecule has 0 aliphatic carbocycles. The van der Waals surface area contributed by atoms with Crippen molar-refractivity contribution in [2.75, 3.05) is 62.7 Å². The van der Waals surface area contributed by atoms with E-state index in [1.807, 2.05) is 15.9 Å². The number of carbonyl (C=O) groups is 1. The third-order valence-electron chi connectivity index (χ3n) is 8.86. The van der Waals surface area contributed by atoms with Gasteiger partial charge in [-0.05, 0) is 50.4 Å². The van der Waals surface area contributed by atoms with Crippen LogP contribution in [0.15, 0.2) is 42.7 Å². The van der Waals surface area contributed by atoms with Gasteiger partial charge in [0, 0.05) is 55.4 Å². The van der Waals surface area contributed by atoms with Gasteiger partial charge < -0.3 is 24.3 Å². The van der Waals surface area contributed by atoms with Crippen molar-refractivity contribution in [1.82, 2.24) is 14.8 Å². The molecule has 1 amide bonds. The zero-order valence-electron chi connectivity index (χ0n) is 24.1. The summed E-state index contributed by atoms with van der Waals surface area (Å²) in [5, 5.41) is 11.2. The fraction of sp³-hybridized carbons (Fsp3) is 0.406. The van der Waals surface area contributed by atoms with Gasteiger partial charge in [-0.15, -0.1) is 0 Å². The Balaban J connectivity index is 1.38. The molecule has 2 saturated heterocycles. The number of benzene rings is 2. The number of anilines is 2. The van der Waals surface area contributed by atoms with Crippen LogP contribution in [-0.4, -0.2) is 79.7 Å². The highest BCUT2D eigenvalue weighted by Crippen LogP contribution is 2.39. The SMILES string of the molecule is C=C(F)C(=O)N1CCN(c2c(C#N)c(OC[C@@H]3CCCN3C)nc3c2CCN(c2cccc4ccc(F)c(F)c24)C3)CC1. The Bertz CT molecular complexity index is 1630. The second kappa shape index (κ2) is 11.8. The quantitative estimate of drug-likeness (QED) is 0.390. The first-order valence-corrected chi connectivity index (χ1v) is 14.6. The molecule has 2 fully saturated rings. The number of likely N-dealkylation sites (tertiary alicyclic amines) is 1. The molecular formula is C32H33F3N6O2. The molecule has 0 unspecified atom stereocenters. The van der Waals surface area contributed by atoms with Crippen molar-refractivity contribution < 1.29 is 22.7 Å². The van der Waals surface area contributed by atoms with Crippen LogP contribution < -0.4 is 14.5 Å². The smallest absolute Gasteiger partial charge is 0.282 e. The summed E-state index contributed by atoms with van der Waals surface area (Å²) in [6.07, 6.45) is 2.57. The predicted molar refractivity (Wildman–Crippen MR) is 158 cm³/mol. The van der Waals surface area contributed by atoms with Gasteiger partial charge in [0.25, 0.3) is 5.91 Å². The Hall–Kier alpha value is -4.30. The minimum atomic E-state index is -0.995. The molecule has 1 atom stereocenters. The predicted octanol–water partition coefficient (Wildman–Crippen LogP) is 4.55. The Morgan fingerprint density at radius 3 is 2.60 bits per heavy atom. The molecule has 0 spiro atoms. The summed E-state index contributed by atoms with van der Waals surface area (Å²) in [5.74, 6) is -3.27. The number of carbonyl (C=O) groups excluding carboxylic acids is 1. The number of aromatic nitrogens is 1. The molecule has 224 valence electrons. The van der Waals surface area contributed by atoms with Gasteiger partial charge >= 0.3 is 0 Å². The van der Waals surface area contributed by atoms with Crippen molar-refractivity contribution in [3.63, 3.8) is 0 Å². The van der Waals surface area contributed by atoms with Crippen LogP contribution in [0.25, 0.3) is 10.8 Å². The number of nitrogens with zero attached hydrogens (tertiary/aromatic N) is 6. The summed E-state index contributed by atoms with van der Waals surface area (Å²) < 4.78 is 49.1. The molecule has 2 aromatic carbocycles. The molecule has 1 aromatic heterocycles. The molecule has 6 rings (SSSR count). The monoisotopic (exact) mass is 590 g/mol. The van der Waals surface area contributed by atoms with E-state index in [4.69, 9.17) is 9.72 Å². The number of pyridine rings is 1. The number of halogens is 3. The molecule has 0 bridgehead atoms. The summed E-state index contributed by atoms with van der Waals surface area (Å²) in [5.41, 5.74) is 3.20. The normalized spacial score (nSPS) is 19.0. The summed E-state index contributed by atoms with van der Waals surface area (Å²) in [6, 6.07) is 10.6. The highest BCUT2D eigenvalue weighted by Gasteiger charge is 2.33. The van der Waals surface area contributed by atoms with Crippen molar-refractivity contribution >= 4 is 28.1 Å². The van der Waals surface area contributed by atoms with Gasteiger partial charge in [-0.1, -0.05) is 24.8 Å². The first-order valence-electron chi connectivity index (χ1n) is 14.6. The zero-order valence-corrected chi connectivity index (χ0v) is 24.1. The number of hydrogen-bond acceptors (Lipinski definition) is 7. The molecule has 3 aromatic rings. The van der Waals surface area contributed by atoms with Crippen molar-refractivity contribution in [2.45, 2.75) is 31.8 Å². The number of hydrogen-bond donors (Lipinski definition) is 0. The maximum Gasteiger partial charge on any atom is 0.282 e. The van der Waals surface area contributed by atoms with Crippen LogP contribution in [0.3, 0.4) is 0 Å². The van der Waals surface area contributed by atoms with Crippen molar-refractivity contribution in [3.8, 4) is 11.9 Å². The Kier molecular flexibility index (Phi) is 7.88. The van der Waals surface area contributed by atoms with Gasteiger partial charge in [0.2, 0.25) is 5.88 Å². The number of fused-ring (bicyclic) bond motifs is 2. The minimum absolute atomic E-state index is 0.209. The number of nitriles is 1. The molecule has 3 aliphatic rings. The average molecular weight is 591 g/mol. The van der Waals surface area contributed by atoms with E-state index < -0.39 is 23.4 Å². The van der Waals surface area contributed by atoms with E-state index in [-0.39, 0.29) is 30.4 Å². The Labute approximate surface area is 248 Å². The topological polar surface area (TPSA) is 75.9 Å². The molecule has 0 radical (unpaired) electrons. The third-order valence-corrected chi connectivity index (χ3v) is 8.86. The van der Waals surface area contributed by atoms with E-state index in [0.717, 1.165) is 31.0 Å². The lowest BCUT2D eigenvalue weighted by Crippen LogP contribution is -2.49. The number of piperazine rings is 1. The van der Waals surface area contributed by atoms with Crippen LogP contribution in [0.5, 0.6) is 5.88 Å². The van der Waals surface area contributed by atoms with Crippen LogP contribution in [0.2, 0.25) is 0 Å². The molecule has 3 aliphatic heterocycles. The number of likely N-dealkylation sites (N-methyl/N-ethyl adjacent to an activating group) is 1. The summed E-state index contributed by atoms with van der Waals surface area (Å²) in [6.45, 7) is 6.64. The third kappa shape index (κ3) is 5.36. The van der Waals surface area contributed by atoms with E-state index in [9.17, 15) is 18.8 Å². The van der Waals surface area contributed by atoms with Crippen LogP contribution in [0.4, 0.5) is 24.5 Å². The van der Waals surface area contributed by atoms with E-state index in [1.54, 1.807) is 18.2 Å². The number of rotatable bonds is 6.